The summed E-state index contributed by atoms with van der Waals surface area (Å²) in [5.41, 5.74) is -3.97. The minimum absolute atomic E-state index is 0.0631. The molecular formula is C13H15ClF3IN2O5S. The van der Waals surface area contributed by atoms with Crippen LogP contribution >= 0.6 is 34.2 Å². The number of sulfonamides is 1. The van der Waals surface area contributed by atoms with Gasteiger partial charge < -0.3 is 15.5 Å². The van der Waals surface area contributed by atoms with Gasteiger partial charge in [-0.25, -0.2) is 13.1 Å². The molecule has 0 heterocycles. The number of carbonyl (C=O) groups excluding carboxylic acids is 1. The van der Waals surface area contributed by atoms with Crippen LogP contribution in [0.1, 0.15) is 13.8 Å². The van der Waals surface area contributed by atoms with Crippen LogP contribution in [0.15, 0.2) is 17.0 Å². The summed E-state index contributed by atoms with van der Waals surface area (Å²) in [6.07, 6.45) is -6.16. The average molecular weight is 531 g/mol. The highest BCUT2D eigenvalue weighted by atomic mass is 127. The smallest absolute Gasteiger partial charge is 0.392 e. The van der Waals surface area contributed by atoms with Gasteiger partial charge in [0.2, 0.25) is 15.6 Å². The van der Waals surface area contributed by atoms with E-state index in [0.717, 1.165) is 12.1 Å². The van der Waals surface area contributed by atoms with Crippen LogP contribution in [0, 0.1) is 3.57 Å². The Kier molecular flexibility index (Phi) is 7.32. The zero-order chi connectivity index (χ0) is 20.5. The Morgan fingerprint density at radius 3 is 2.38 bits per heavy atom. The number of alkyl halides is 3. The topological polar surface area (TPSA) is 116 Å². The van der Waals surface area contributed by atoms with Crippen LogP contribution in [0.4, 0.5) is 18.9 Å². The van der Waals surface area contributed by atoms with Gasteiger partial charge in [-0.15, -0.1) is 0 Å². The van der Waals surface area contributed by atoms with Crippen molar-refractivity contribution in [2.24, 2.45) is 0 Å². The van der Waals surface area contributed by atoms with Gasteiger partial charge in [0.05, 0.1) is 25.3 Å². The summed E-state index contributed by atoms with van der Waals surface area (Å²) in [7, 11) is -4.05. The number of aliphatic hydroxyl groups excluding tert-OH is 1. The second kappa shape index (κ2) is 8.14. The molecule has 0 aliphatic rings. The fraction of sp³-hybridized carbons (Fsp3) is 0.462. The van der Waals surface area contributed by atoms with Gasteiger partial charge in [0.25, 0.3) is 5.91 Å². The van der Waals surface area contributed by atoms with E-state index in [1.165, 1.54) is 6.92 Å². The van der Waals surface area contributed by atoms with E-state index in [1.807, 2.05) is 5.32 Å². The number of halogens is 5. The highest BCUT2D eigenvalue weighted by Crippen LogP contribution is 2.35. The molecule has 0 spiro atoms. The number of carbonyl (C=O) groups is 1. The van der Waals surface area contributed by atoms with Crippen molar-refractivity contribution in [2.45, 2.75) is 36.6 Å². The Morgan fingerprint density at radius 2 is 1.92 bits per heavy atom. The van der Waals surface area contributed by atoms with Gasteiger partial charge in [0, 0.05) is 6.54 Å². The lowest BCUT2D eigenvalue weighted by molar-refractivity contribution is -0.242. The first kappa shape index (κ1) is 23.4. The zero-order valence-corrected chi connectivity index (χ0v) is 17.1. The van der Waals surface area contributed by atoms with Crippen molar-refractivity contribution in [3.05, 3.63) is 20.7 Å². The number of nitrogens with one attached hydrogen (secondary N) is 2. The molecule has 1 amide bonds. The standard InChI is InChI=1S/C13H15ClF3IN2O5S/c1-6(21)5-19-26(24,25)8-4-3-7(9(14)10(8)18)20-11(22)12(2,23)13(15,16)17/h3-4,6,19,21,23H,5H2,1-2H3,(H,20,22)/t6?,12-/m1/s1. The number of anilines is 1. The summed E-state index contributed by atoms with van der Waals surface area (Å²) < 4.78 is 64.5. The largest absolute Gasteiger partial charge is 0.426 e. The Bertz CT molecular complexity index is 800. The Morgan fingerprint density at radius 1 is 1.38 bits per heavy atom. The molecule has 1 aromatic rings. The molecule has 7 nitrogen and oxygen atoms in total. The molecule has 26 heavy (non-hydrogen) atoms. The van der Waals surface area contributed by atoms with Crippen molar-refractivity contribution < 1.29 is 36.6 Å². The van der Waals surface area contributed by atoms with Crippen molar-refractivity contribution in [2.75, 3.05) is 11.9 Å². The van der Waals surface area contributed by atoms with Crippen molar-refractivity contribution >= 4 is 55.8 Å². The summed E-state index contributed by atoms with van der Waals surface area (Å²) in [4.78, 5) is 11.4. The van der Waals surface area contributed by atoms with Gasteiger partial charge in [-0.3, -0.25) is 4.79 Å². The summed E-state index contributed by atoms with van der Waals surface area (Å²) in [5, 5.41) is 20.0. The van der Waals surface area contributed by atoms with Gasteiger partial charge >= 0.3 is 6.18 Å². The van der Waals surface area contributed by atoms with Gasteiger partial charge in [-0.1, -0.05) is 11.6 Å². The molecule has 1 aromatic carbocycles. The first-order valence-corrected chi connectivity index (χ1v) is 9.81. The molecule has 148 valence electrons. The van der Waals surface area contributed by atoms with E-state index in [0.29, 0.717) is 0 Å². The summed E-state index contributed by atoms with van der Waals surface area (Å²) in [6, 6.07) is 2.02. The highest BCUT2D eigenvalue weighted by Gasteiger charge is 2.55. The molecule has 0 radical (unpaired) electrons. The van der Waals surface area contributed by atoms with E-state index >= 15 is 0 Å². The molecule has 0 saturated heterocycles. The average Bonchev–Trinajstić information content (AvgIpc) is 2.48. The van der Waals surface area contributed by atoms with E-state index in [2.05, 4.69) is 4.72 Å². The number of amides is 1. The molecule has 0 aliphatic carbocycles. The maximum atomic E-state index is 12.7. The van der Waals surface area contributed by atoms with E-state index in [4.69, 9.17) is 16.7 Å². The molecule has 0 aliphatic heterocycles. The second-order valence-corrected chi connectivity index (χ2v) is 8.66. The zero-order valence-electron chi connectivity index (χ0n) is 13.4. The third-order valence-electron chi connectivity index (χ3n) is 3.15. The quantitative estimate of drug-likeness (QED) is 0.419. The van der Waals surface area contributed by atoms with Crippen LogP contribution in [-0.4, -0.2) is 49.0 Å². The van der Waals surface area contributed by atoms with Crippen molar-refractivity contribution in [1.82, 2.24) is 4.72 Å². The van der Waals surface area contributed by atoms with Gasteiger partial charge in [-0.2, -0.15) is 13.2 Å². The minimum Gasteiger partial charge on any atom is -0.392 e. The van der Waals surface area contributed by atoms with Crippen molar-refractivity contribution in [3.8, 4) is 0 Å². The summed E-state index contributed by atoms with van der Waals surface area (Å²) in [5.74, 6) is -1.77. The van der Waals surface area contributed by atoms with E-state index < -0.39 is 33.8 Å². The number of hydrogen-bond donors (Lipinski definition) is 4. The normalized spacial score (nSPS) is 16.0. The third-order valence-corrected chi connectivity index (χ3v) is 6.81. The Balaban J connectivity index is 3.17. The van der Waals surface area contributed by atoms with E-state index in [1.54, 1.807) is 22.6 Å². The maximum absolute atomic E-state index is 12.7. The molecule has 0 bridgehead atoms. The third kappa shape index (κ3) is 5.19. The minimum atomic E-state index is -5.22. The maximum Gasteiger partial charge on any atom is 0.426 e. The SMILES string of the molecule is CC(O)CNS(=O)(=O)c1ccc(NC(=O)[C@@](C)(O)C(F)(F)F)c(Cl)c1I. The van der Waals surface area contributed by atoms with Crippen LogP contribution in [0.3, 0.4) is 0 Å². The van der Waals surface area contributed by atoms with Crippen LogP contribution < -0.4 is 10.0 Å². The second-order valence-electron chi connectivity index (χ2n) is 5.46. The Labute approximate surface area is 166 Å². The van der Waals surface area contributed by atoms with E-state index in [9.17, 15) is 31.5 Å². The number of benzene rings is 1. The van der Waals surface area contributed by atoms with Gasteiger partial charge in [0.1, 0.15) is 0 Å². The molecule has 13 heteroatoms. The van der Waals surface area contributed by atoms with Gasteiger partial charge in [0.15, 0.2) is 0 Å². The molecule has 0 aromatic heterocycles. The molecule has 2 atom stereocenters. The lowest BCUT2D eigenvalue weighted by Crippen LogP contribution is -2.52. The fourth-order valence-electron chi connectivity index (χ4n) is 1.52. The summed E-state index contributed by atoms with van der Waals surface area (Å²) in [6.45, 7) is 1.38. The molecule has 4 N–H and O–H groups in total. The summed E-state index contributed by atoms with van der Waals surface area (Å²) >= 11 is 7.50. The van der Waals surface area contributed by atoms with E-state index in [-0.39, 0.29) is 32.6 Å². The first-order chi connectivity index (χ1) is 11.6. The highest BCUT2D eigenvalue weighted by molar-refractivity contribution is 14.1. The number of aliphatic hydroxyl groups is 2. The molecule has 0 fully saturated rings. The van der Waals surface area contributed by atoms with Crippen LogP contribution in [0.5, 0.6) is 0 Å². The fourth-order valence-corrected chi connectivity index (χ4v) is 4.33. The number of hydrogen-bond acceptors (Lipinski definition) is 5. The predicted molar refractivity (Wildman–Crippen MR) is 96.3 cm³/mol. The van der Waals surface area contributed by atoms with Crippen molar-refractivity contribution in [3.63, 3.8) is 0 Å². The van der Waals surface area contributed by atoms with Crippen LogP contribution in [0.2, 0.25) is 5.02 Å². The van der Waals surface area contributed by atoms with Gasteiger partial charge in [-0.05, 0) is 48.6 Å². The van der Waals surface area contributed by atoms with Crippen LogP contribution in [-0.2, 0) is 14.8 Å². The first-order valence-electron chi connectivity index (χ1n) is 6.87. The number of rotatable bonds is 6. The molecule has 1 rings (SSSR count). The lowest BCUT2D eigenvalue weighted by atomic mass is 10.1. The lowest BCUT2D eigenvalue weighted by Gasteiger charge is -2.25. The molecule has 0 saturated carbocycles. The monoisotopic (exact) mass is 530 g/mol. The Hall–Kier alpha value is -0.670. The van der Waals surface area contributed by atoms with Crippen molar-refractivity contribution in [1.29, 1.82) is 0 Å². The molecular weight excluding hydrogens is 516 g/mol. The molecule has 1 unspecified atom stereocenters. The predicted octanol–water partition coefficient (Wildman–Crippen LogP) is 1.86. The van der Waals surface area contributed by atoms with Crippen LogP contribution in [0.25, 0.3) is 0 Å².